The van der Waals surface area contributed by atoms with Crippen molar-refractivity contribution in [3.05, 3.63) is 59.7 Å². The Balaban J connectivity index is 1.42. The van der Waals surface area contributed by atoms with E-state index in [1.165, 1.54) is 0 Å². The normalized spacial score (nSPS) is 16.6. The van der Waals surface area contributed by atoms with Gasteiger partial charge in [-0.25, -0.2) is 0 Å². The van der Waals surface area contributed by atoms with Gasteiger partial charge in [0, 0.05) is 11.1 Å². The summed E-state index contributed by atoms with van der Waals surface area (Å²) in [6.45, 7) is 0.869. The molecule has 0 radical (unpaired) electrons. The summed E-state index contributed by atoms with van der Waals surface area (Å²) in [5.74, 6) is 1.51. The first-order chi connectivity index (χ1) is 10.4. The first kappa shape index (κ1) is 12.8. The van der Waals surface area contributed by atoms with E-state index in [0.717, 1.165) is 22.6 Å². The summed E-state index contributed by atoms with van der Waals surface area (Å²) in [5.41, 5.74) is 1.99. The highest BCUT2D eigenvalue weighted by Crippen LogP contribution is 2.27. The van der Waals surface area contributed by atoms with E-state index in [2.05, 4.69) is 0 Å². The van der Waals surface area contributed by atoms with Crippen molar-refractivity contribution in [1.82, 2.24) is 0 Å². The standard InChI is InChI=1S/C14H12B2O5/c1-3-7-13-11(5-1)9-17-15(19-13)21-16-18-10-12-6-2-4-8-14(12)20-16/h1-8H,9-10H2. The van der Waals surface area contributed by atoms with Gasteiger partial charge in [-0.15, -0.1) is 0 Å². The van der Waals surface area contributed by atoms with Gasteiger partial charge in [0.15, 0.2) is 0 Å². The minimum Gasteiger partial charge on any atom is -0.512 e. The van der Waals surface area contributed by atoms with E-state index in [-0.39, 0.29) is 0 Å². The lowest BCUT2D eigenvalue weighted by molar-refractivity contribution is 0.113. The molecule has 0 saturated heterocycles. The molecule has 0 atom stereocenters. The van der Waals surface area contributed by atoms with Crippen molar-refractivity contribution in [2.45, 2.75) is 13.2 Å². The molecule has 0 unspecified atom stereocenters. The van der Waals surface area contributed by atoms with Gasteiger partial charge in [-0.2, -0.15) is 0 Å². The molecule has 2 heterocycles. The second kappa shape index (κ2) is 5.44. The Bertz CT molecular complexity index is 595. The molecule has 21 heavy (non-hydrogen) atoms. The predicted molar refractivity (Wildman–Crippen MR) is 76.3 cm³/mol. The Hall–Kier alpha value is -1.95. The van der Waals surface area contributed by atoms with Crippen molar-refractivity contribution in [2.75, 3.05) is 0 Å². The number of rotatable bonds is 2. The zero-order chi connectivity index (χ0) is 14.1. The minimum absolute atomic E-state index is 0.435. The van der Waals surface area contributed by atoms with Crippen molar-refractivity contribution in [3.8, 4) is 11.5 Å². The monoisotopic (exact) mass is 282 g/mol. The topological polar surface area (TPSA) is 46.2 Å². The van der Waals surface area contributed by atoms with Crippen LogP contribution in [0.4, 0.5) is 0 Å². The minimum atomic E-state index is -0.838. The van der Waals surface area contributed by atoms with Crippen molar-refractivity contribution >= 4 is 14.6 Å². The van der Waals surface area contributed by atoms with E-state index in [4.69, 9.17) is 23.2 Å². The third kappa shape index (κ3) is 2.63. The van der Waals surface area contributed by atoms with E-state index in [1.54, 1.807) is 0 Å². The fraction of sp³-hybridized carbons (Fsp3) is 0.143. The van der Waals surface area contributed by atoms with E-state index in [1.807, 2.05) is 48.5 Å². The van der Waals surface area contributed by atoms with Gasteiger partial charge in [-0.05, 0) is 12.1 Å². The lowest BCUT2D eigenvalue weighted by Gasteiger charge is -2.27. The van der Waals surface area contributed by atoms with Gasteiger partial charge in [0.25, 0.3) is 0 Å². The van der Waals surface area contributed by atoms with Gasteiger partial charge in [-0.3, -0.25) is 0 Å². The molecule has 2 aliphatic heterocycles. The number of hydrogen-bond donors (Lipinski definition) is 0. The van der Waals surface area contributed by atoms with E-state index >= 15 is 0 Å². The Kier molecular flexibility index (Phi) is 3.31. The Morgan fingerprint density at radius 2 is 1.19 bits per heavy atom. The molecule has 0 aliphatic carbocycles. The zero-order valence-electron chi connectivity index (χ0n) is 11.2. The quantitative estimate of drug-likeness (QED) is 0.790. The molecular weight excluding hydrogens is 270 g/mol. The molecule has 2 aliphatic rings. The molecule has 0 saturated carbocycles. The summed E-state index contributed by atoms with van der Waals surface area (Å²) in [6, 6.07) is 15.4. The van der Waals surface area contributed by atoms with Crippen LogP contribution in [0.15, 0.2) is 48.5 Å². The van der Waals surface area contributed by atoms with Crippen LogP contribution in [0.2, 0.25) is 0 Å². The van der Waals surface area contributed by atoms with Gasteiger partial charge in [0.2, 0.25) is 0 Å². The van der Waals surface area contributed by atoms with Gasteiger partial charge >= 0.3 is 14.6 Å². The molecule has 0 bridgehead atoms. The molecular formula is C14H12B2O5. The molecule has 4 rings (SSSR count). The number of benzene rings is 2. The highest BCUT2D eigenvalue weighted by atomic mass is 16.8. The third-order valence-electron chi connectivity index (χ3n) is 3.36. The second-order valence-electron chi connectivity index (χ2n) is 4.79. The Morgan fingerprint density at radius 1 is 0.714 bits per heavy atom. The van der Waals surface area contributed by atoms with Crippen LogP contribution in [0.3, 0.4) is 0 Å². The maximum absolute atomic E-state index is 5.62. The second-order valence-corrected chi connectivity index (χ2v) is 4.79. The molecule has 5 nitrogen and oxygen atoms in total. The molecule has 0 aromatic heterocycles. The summed E-state index contributed by atoms with van der Waals surface area (Å²) < 4.78 is 27.8. The number of fused-ring (bicyclic) bond motifs is 2. The molecule has 0 fully saturated rings. The summed E-state index contributed by atoms with van der Waals surface area (Å²) in [6.07, 6.45) is 0. The van der Waals surface area contributed by atoms with Crippen molar-refractivity contribution < 1.29 is 23.2 Å². The Labute approximate surface area is 123 Å². The molecule has 104 valence electrons. The SMILES string of the molecule is c1ccc2c(c1)COB(OB1OCc3ccccc3O1)O2. The van der Waals surface area contributed by atoms with Gasteiger partial charge in [-0.1, -0.05) is 36.4 Å². The first-order valence-corrected chi connectivity index (χ1v) is 6.76. The van der Waals surface area contributed by atoms with Crippen molar-refractivity contribution in [3.63, 3.8) is 0 Å². The average Bonchev–Trinajstić information content (AvgIpc) is 2.55. The summed E-state index contributed by atoms with van der Waals surface area (Å²) in [4.78, 5) is 0. The summed E-state index contributed by atoms with van der Waals surface area (Å²) in [5, 5.41) is 0. The van der Waals surface area contributed by atoms with Crippen LogP contribution < -0.4 is 9.31 Å². The fourth-order valence-corrected chi connectivity index (χ4v) is 2.29. The van der Waals surface area contributed by atoms with Gasteiger partial charge in [0.1, 0.15) is 11.5 Å². The maximum Gasteiger partial charge on any atom is 0.702 e. The van der Waals surface area contributed by atoms with E-state index in [0.29, 0.717) is 13.2 Å². The lowest BCUT2D eigenvalue weighted by Crippen LogP contribution is -2.44. The van der Waals surface area contributed by atoms with E-state index in [9.17, 15) is 0 Å². The molecule has 2 aromatic carbocycles. The predicted octanol–water partition coefficient (Wildman–Crippen LogP) is 2.19. The maximum atomic E-state index is 5.62. The molecule has 2 aromatic rings. The van der Waals surface area contributed by atoms with Crippen LogP contribution >= 0.6 is 0 Å². The first-order valence-electron chi connectivity index (χ1n) is 6.76. The fourth-order valence-electron chi connectivity index (χ4n) is 2.29. The van der Waals surface area contributed by atoms with Gasteiger partial charge in [0.05, 0.1) is 13.2 Å². The molecule has 0 amide bonds. The van der Waals surface area contributed by atoms with Crippen LogP contribution in [0.1, 0.15) is 11.1 Å². The van der Waals surface area contributed by atoms with E-state index < -0.39 is 14.6 Å². The molecule has 0 spiro atoms. The Morgan fingerprint density at radius 3 is 1.71 bits per heavy atom. The van der Waals surface area contributed by atoms with Gasteiger partial charge < -0.3 is 23.2 Å². The lowest BCUT2D eigenvalue weighted by atomic mass is 10.0. The molecule has 7 heteroatoms. The number of hydrogen-bond acceptors (Lipinski definition) is 5. The highest BCUT2D eigenvalue weighted by molar-refractivity contribution is 6.53. The van der Waals surface area contributed by atoms with Crippen molar-refractivity contribution in [2.24, 2.45) is 0 Å². The molecule has 0 N–H and O–H groups in total. The summed E-state index contributed by atoms with van der Waals surface area (Å²) >= 11 is 0. The zero-order valence-corrected chi connectivity index (χ0v) is 11.2. The van der Waals surface area contributed by atoms with Crippen LogP contribution in [-0.4, -0.2) is 14.6 Å². The van der Waals surface area contributed by atoms with Crippen LogP contribution in [0, 0.1) is 0 Å². The number of para-hydroxylation sites is 2. The average molecular weight is 282 g/mol. The highest BCUT2D eigenvalue weighted by Gasteiger charge is 2.40. The smallest absolute Gasteiger partial charge is 0.512 e. The summed E-state index contributed by atoms with van der Waals surface area (Å²) in [7, 11) is -1.68. The van der Waals surface area contributed by atoms with Crippen LogP contribution in [0.5, 0.6) is 11.5 Å². The largest absolute Gasteiger partial charge is 0.702 e. The van der Waals surface area contributed by atoms with Crippen LogP contribution in [0.25, 0.3) is 0 Å². The third-order valence-corrected chi connectivity index (χ3v) is 3.36. The van der Waals surface area contributed by atoms with Crippen LogP contribution in [-0.2, 0) is 27.1 Å². The van der Waals surface area contributed by atoms with Crippen molar-refractivity contribution in [1.29, 1.82) is 0 Å².